The van der Waals surface area contributed by atoms with Crippen LogP contribution in [0, 0.1) is 19.7 Å². The number of esters is 1. The molecule has 7 heteroatoms. The predicted molar refractivity (Wildman–Crippen MR) is 98.2 cm³/mol. The number of aryl methyl sites for hydroxylation is 2. The number of rotatable bonds is 4. The second-order valence-corrected chi connectivity index (χ2v) is 6.82. The van der Waals surface area contributed by atoms with Gasteiger partial charge in [-0.05, 0) is 57.4 Å². The molecule has 1 aromatic heterocycles. The van der Waals surface area contributed by atoms with E-state index in [1.807, 2.05) is 6.92 Å². The fourth-order valence-corrected chi connectivity index (χ4v) is 3.46. The van der Waals surface area contributed by atoms with Gasteiger partial charge in [0, 0.05) is 18.7 Å². The van der Waals surface area contributed by atoms with E-state index in [0.29, 0.717) is 43.8 Å². The minimum absolute atomic E-state index is 0.0239. The number of hydrogen-bond donors (Lipinski definition) is 0. The van der Waals surface area contributed by atoms with Crippen LogP contribution < -0.4 is 0 Å². The molecule has 2 heterocycles. The van der Waals surface area contributed by atoms with Crippen molar-refractivity contribution in [2.24, 2.45) is 0 Å². The van der Waals surface area contributed by atoms with Gasteiger partial charge in [-0.3, -0.25) is 9.48 Å². The van der Waals surface area contributed by atoms with Crippen molar-refractivity contribution in [3.05, 3.63) is 52.6 Å². The molecule has 3 rings (SSSR count). The Morgan fingerprint density at radius 3 is 2.59 bits per heavy atom. The molecule has 1 aliphatic heterocycles. The monoisotopic (exact) mass is 373 g/mol. The summed E-state index contributed by atoms with van der Waals surface area (Å²) in [5.41, 5.74) is 2.36. The van der Waals surface area contributed by atoms with E-state index in [0.717, 1.165) is 11.3 Å². The molecule has 1 saturated heterocycles. The summed E-state index contributed by atoms with van der Waals surface area (Å²) in [5.74, 6) is -0.954. The summed E-state index contributed by atoms with van der Waals surface area (Å²) in [5, 5.41) is 4.45. The summed E-state index contributed by atoms with van der Waals surface area (Å²) >= 11 is 0. The summed E-state index contributed by atoms with van der Waals surface area (Å²) in [4.78, 5) is 26.6. The normalized spacial score (nSPS) is 15.0. The Kier molecular flexibility index (Phi) is 5.58. The van der Waals surface area contributed by atoms with Crippen LogP contribution in [0.3, 0.4) is 0 Å². The first-order chi connectivity index (χ1) is 12.9. The Hall–Kier alpha value is -2.70. The molecule has 1 fully saturated rings. The van der Waals surface area contributed by atoms with E-state index in [2.05, 4.69) is 5.10 Å². The number of halogens is 1. The van der Waals surface area contributed by atoms with Gasteiger partial charge >= 0.3 is 5.97 Å². The fraction of sp³-hybridized carbons (Fsp3) is 0.450. The number of piperidine rings is 1. The molecule has 27 heavy (non-hydrogen) atoms. The largest absolute Gasteiger partial charge is 0.461 e. The van der Waals surface area contributed by atoms with Crippen LogP contribution in [0.25, 0.3) is 0 Å². The lowest BCUT2D eigenvalue weighted by atomic mass is 10.0. The standard InChI is InChI=1S/C20H24FN3O3/c1-4-27-20(26)18-11-14(3)22-24(18)16-7-9-23(10-8-16)19(25)17-12-15(21)6-5-13(17)2/h5-6,11-12,16H,4,7-10H2,1-3H3. The van der Waals surface area contributed by atoms with Crippen molar-refractivity contribution in [2.75, 3.05) is 19.7 Å². The molecule has 0 atom stereocenters. The molecule has 0 N–H and O–H groups in total. The number of ether oxygens (including phenoxy) is 1. The zero-order valence-corrected chi connectivity index (χ0v) is 15.9. The van der Waals surface area contributed by atoms with Crippen molar-refractivity contribution in [3.63, 3.8) is 0 Å². The average molecular weight is 373 g/mol. The number of aromatic nitrogens is 2. The topological polar surface area (TPSA) is 64.4 Å². The number of likely N-dealkylation sites (tertiary alicyclic amines) is 1. The van der Waals surface area contributed by atoms with Gasteiger partial charge in [-0.15, -0.1) is 0 Å². The van der Waals surface area contributed by atoms with E-state index >= 15 is 0 Å². The zero-order valence-electron chi connectivity index (χ0n) is 15.9. The zero-order chi connectivity index (χ0) is 19.6. The number of hydrogen-bond acceptors (Lipinski definition) is 4. The molecule has 1 aliphatic rings. The molecule has 6 nitrogen and oxygen atoms in total. The van der Waals surface area contributed by atoms with Crippen LogP contribution in [0.1, 0.15) is 57.9 Å². The summed E-state index contributed by atoms with van der Waals surface area (Å²) in [6.45, 7) is 6.77. The Bertz CT molecular complexity index is 854. The van der Waals surface area contributed by atoms with E-state index < -0.39 is 5.82 Å². The first kappa shape index (κ1) is 19.1. The molecule has 0 aliphatic carbocycles. The Morgan fingerprint density at radius 1 is 1.22 bits per heavy atom. The lowest BCUT2D eigenvalue weighted by Crippen LogP contribution is -2.40. The number of carbonyl (C=O) groups excluding carboxylic acids is 2. The first-order valence-corrected chi connectivity index (χ1v) is 9.19. The summed E-state index contributed by atoms with van der Waals surface area (Å²) in [6, 6.07) is 6.02. The Balaban J connectivity index is 1.72. The van der Waals surface area contributed by atoms with Crippen LogP contribution in [0.15, 0.2) is 24.3 Å². The van der Waals surface area contributed by atoms with Gasteiger partial charge in [0.2, 0.25) is 0 Å². The van der Waals surface area contributed by atoms with Crippen molar-refractivity contribution in [2.45, 2.75) is 39.7 Å². The van der Waals surface area contributed by atoms with Gasteiger partial charge in [-0.1, -0.05) is 6.07 Å². The summed E-state index contributed by atoms with van der Waals surface area (Å²) in [6.07, 6.45) is 1.35. The minimum Gasteiger partial charge on any atom is -0.461 e. The fourth-order valence-electron chi connectivity index (χ4n) is 3.46. The SMILES string of the molecule is CCOC(=O)c1cc(C)nn1C1CCN(C(=O)c2cc(F)ccc2C)CC1. The number of carbonyl (C=O) groups is 2. The molecular formula is C20H24FN3O3. The summed E-state index contributed by atoms with van der Waals surface area (Å²) in [7, 11) is 0. The van der Waals surface area contributed by atoms with Gasteiger partial charge in [-0.2, -0.15) is 5.10 Å². The van der Waals surface area contributed by atoms with Crippen LogP contribution in [-0.4, -0.2) is 46.3 Å². The number of amides is 1. The molecule has 144 valence electrons. The van der Waals surface area contributed by atoms with Crippen molar-refractivity contribution in [3.8, 4) is 0 Å². The van der Waals surface area contributed by atoms with Crippen molar-refractivity contribution >= 4 is 11.9 Å². The average Bonchev–Trinajstić information content (AvgIpc) is 3.05. The van der Waals surface area contributed by atoms with Crippen LogP contribution in [-0.2, 0) is 4.74 Å². The molecule has 0 unspecified atom stereocenters. The van der Waals surface area contributed by atoms with Gasteiger partial charge in [0.25, 0.3) is 5.91 Å². The molecule has 1 aromatic carbocycles. The Morgan fingerprint density at radius 2 is 1.93 bits per heavy atom. The highest BCUT2D eigenvalue weighted by Crippen LogP contribution is 2.26. The van der Waals surface area contributed by atoms with E-state index in [1.54, 1.807) is 35.6 Å². The maximum atomic E-state index is 13.5. The van der Waals surface area contributed by atoms with E-state index in [-0.39, 0.29) is 17.9 Å². The highest BCUT2D eigenvalue weighted by molar-refractivity contribution is 5.95. The highest BCUT2D eigenvalue weighted by Gasteiger charge is 2.28. The van der Waals surface area contributed by atoms with E-state index in [1.165, 1.54) is 12.1 Å². The first-order valence-electron chi connectivity index (χ1n) is 9.19. The second-order valence-electron chi connectivity index (χ2n) is 6.82. The number of benzene rings is 1. The number of nitrogens with zero attached hydrogens (tertiary/aromatic N) is 3. The van der Waals surface area contributed by atoms with Crippen LogP contribution >= 0.6 is 0 Å². The minimum atomic E-state index is -0.412. The third-order valence-corrected chi connectivity index (χ3v) is 4.87. The molecular weight excluding hydrogens is 349 g/mol. The van der Waals surface area contributed by atoms with Crippen molar-refractivity contribution in [1.29, 1.82) is 0 Å². The van der Waals surface area contributed by atoms with Crippen LogP contribution in [0.2, 0.25) is 0 Å². The van der Waals surface area contributed by atoms with E-state index in [4.69, 9.17) is 4.74 Å². The lowest BCUT2D eigenvalue weighted by Gasteiger charge is -2.33. The lowest BCUT2D eigenvalue weighted by molar-refractivity contribution is 0.0498. The molecule has 0 spiro atoms. The maximum absolute atomic E-state index is 13.5. The van der Waals surface area contributed by atoms with Gasteiger partial charge in [0.05, 0.1) is 18.3 Å². The molecule has 0 bridgehead atoms. The quantitative estimate of drug-likeness (QED) is 0.772. The van der Waals surface area contributed by atoms with E-state index in [9.17, 15) is 14.0 Å². The van der Waals surface area contributed by atoms with Gasteiger partial charge in [0.15, 0.2) is 0 Å². The van der Waals surface area contributed by atoms with Gasteiger partial charge in [-0.25, -0.2) is 9.18 Å². The summed E-state index contributed by atoms with van der Waals surface area (Å²) < 4.78 is 20.4. The molecule has 0 radical (unpaired) electrons. The molecule has 0 saturated carbocycles. The van der Waals surface area contributed by atoms with Crippen LogP contribution in [0.5, 0.6) is 0 Å². The third kappa shape index (κ3) is 4.02. The second kappa shape index (κ2) is 7.90. The van der Waals surface area contributed by atoms with Gasteiger partial charge < -0.3 is 9.64 Å². The molecule has 2 aromatic rings. The smallest absolute Gasteiger partial charge is 0.356 e. The molecule has 1 amide bonds. The van der Waals surface area contributed by atoms with Gasteiger partial charge in [0.1, 0.15) is 11.5 Å². The van der Waals surface area contributed by atoms with Crippen molar-refractivity contribution < 1.29 is 18.7 Å². The van der Waals surface area contributed by atoms with Crippen LogP contribution in [0.4, 0.5) is 4.39 Å². The predicted octanol–water partition coefficient (Wildman–Crippen LogP) is 3.29. The van der Waals surface area contributed by atoms with Crippen molar-refractivity contribution in [1.82, 2.24) is 14.7 Å². The maximum Gasteiger partial charge on any atom is 0.356 e. The highest BCUT2D eigenvalue weighted by atomic mass is 19.1. The third-order valence-electron chi connectivity index (χ3n) is 4.87. The Labute approximate surface area is 157 Å².